The van der Waals surface area contributed by atoms with E-state index >= 15 is 0 Å². The van der Waals surface area contributed by atoms with Crippen molar-refractivity contribution in [3.05, 3.63) is 48.0 Å². The molecule has 3 rings (SSSR count). The van der Waals surface area contributed by atoms with Gasteiger partial charge in [0.2, 0.25) is 0 Å². The first kappa shape index (κ1) is 11.2. The fraction of sp³-hybridized carbons (Fsp3) is 0.267. The van der Waals surface area contributed by atoms with Gasteiger partial charge in [0, 0.05) is 0 Å². The molecule has 2 aromatic rings. The molecular formula is C15H14O3. The minimum atomic E-state index is -0.774. The third kappa shape index (κ3) is 1.87. The standard InChI is InChI=1S/C15H14O3/c16-14(13-7-8-18-15(13)17)12-6-5-10-3-1-2-4-11(10)9-12/h1-6,9,13-14,16H,7-8H2/t13-,14+/m1/s1. The van der Waals surface area contributed by atoms with Crippen LogP contribution in [0.5, 0.6) is 0 Å². The topological polar surface area (TPSA) is 46.5 Å². The van der Waals surface area contributed by atoms with Crippen LogP contribution in [0.15, 0.2) is 42.5 Å². The number of carbonyl (C=O) groups excluding carboxylic acids is 1. The summed E-state index contributed by atoms with van der Waals surface area (Å²) in [6, 6.07) is 13.7. The molecule has 0 radical (unpaired) electrons. The number of rotatable bonds is 2. The van der Waals surface area contributed by atoms with Crippen LogP contribution in [0.3, 0.4) is 0 Å². The molecule has 0 spiro atoms. The first-order valence-corrected chi connectivity index (χ1v) is 6.09. The molecule has 0 amide bonds. The molecule has 92 valence electrons. The van der Waals surface area contributed by atoms with E-state index in [4.69, 9.17) is 4.74 Å². The van der Waals surface area contributed by atoms with Crippen molar-refractivity contribution in [2.75, 3.05) is 6.61 Å². The summed E-state index contributed by atoms with van der Waals surface area (Å²) in [7, 11) is 0. The highest BCUT2D eigenvalue weighted by atomic mass is 16.5. The number of cyclic esters (lactones) is 1. The number of aliphatic hydroxyl groups excluding tert-OH is 1. The lowest BCUT2D eigenvalue weighted by Gasteiger charge is -2.15. The lowest BCUT2D eigenvalue weighted by Crippen LogP contribution is -2.17. The Morgan fingerprint density at radius 2 is 1.94 bits per heavy atom. The molecule has 0 aromatic heterocycles. The molecule has 0 unspecified atom stereocenters. The van der Waals surface area contributed by atoms with Crippen molar-refractivity contribution < 1.29 is 14.6 Å². The van der Waals surface area contributed by atoms with Crippen LogP contribution in [0.2, 0.25) is 0 Å². The first-order valence-electron chi connectivity index (χ1n) is 6.09. The first-order chi connectivity index (χ1) is 8.75. The van der Waals surface area contributed by atoms with Gasteiger partial charge in [0.15, 0.2) is 0 Å². The summed E-state index contributed by atoms with van der Waals surface area (Å²) in [6.45, 7) is 0.411. The summed E-state index contributed by atoms with van der Waals surface area (Å²) < 4.78 is 4.90. The second-order valence-corrected chi connectivity index (χ2v) is 4.61. The van der Waals surface area contributed by atoms with Crippen molar-refractivity contribution in [1.29, 1.82) is 0 Å². The highest BCUT2D eigenvalue weighted by molar-refractivity contribution is 5.83. The van der Waals surface area contributed by atoms with Crippen LogP contribution in [0.25, 0.3) is 10.8 Å². The summed E-state index contributed by atoms with van der Waals surface area (Å²) in [4.78, 5) is 11.5. The van der Waals surface area contributed by atoms with Gasteiger partial charge in [-0.15, -0.1) is 0 Å². The van der Waals surface area contributed by atoms with Crippen molar-refractivity contribution in [2.45, 2.75) is 12.5 Å². The Balaban J connectivity index is 1.96. The third-order valence-electron chi connectivity index (χ3n) is 3.47. The van der Waals surface area contributed by atoms with Crippen molar-refractivity contribution in [2.24, 2.45) is 5.92 Å². The highest BCUT2D eigenvalue weighted by Gasteiger charge is 2.33. The van der Waals surface area contributed by atoms with Crippen molar-refractivity contribution in [1.82, 2.24) is 0 Å². The Morgan fingerprint density at radius 3 is 2.67 bits per heavy atom. The Hall–Kier alpha value is -1.87. The van der Waals surface area contributed by atoms with Gasteiger partial charge in [-0.05, 0) is 28.8 Å². The largest absolute Gasteiger partial charge is 0.465 e. The van der Waals surface area contributed by atoms with Crippen molar-refractivity contribution in [3.8, 4) is 0 Å². The van der Waals surface area contributed by atoms with Gasteiger partial charge in [0.1, 0.15) is 0 Å². The van der Waals surface area contributed by atoms with Crippen LogP contribution in [0.4, 0.5) is 0 Å². The van der Waals surface area contributed by atoms with Gasteiger partial charge in [-0.1, -0.05) is 36.4 Å². The maximum atomic E-state index is 11.5. The van der Waals surface area contributed by atoms with Crippen LogP contribution in [0, 0.1) is 5.92 Å². The zero-order valence-electron chi connectivity index (χ0n) is 9.87. The Kier molecular flexibility index (Phi) is 2.76. The lowest BCUT2D eigenvalue weighted by molar-refractivity contribution is -0.144. The predicted octanol–water partition coefficient (Wildman–Crippen LogP) is 2.44. The van der Waals surface area contributed by atoms with Gasteiger partial charge < -0.3 is 9.84 Å². The number of fused-ring (bicyclic) bond motifs is 1. The van der Waals surface area contributed by atoms with Crippen LogP contribution >= 0.6 is 0 Å². The second-order valence-electron chi connectivity index (χ2n) is 4.61. The third-order valence-corrected chi connectivity index (χ3v) is 3.47. The Labute approximate surface area is 105 Å². The van der Waals surface area contributed by atoms with Crippen molar-refractivity contribution in [3.63, 3.8) is 0 Å². The zero-order valence-corrected chi connectivity index (χ0v) is 9.87. The van der Waals surface area contributed by atoms with Gasteiger partial charge in [-0.25, -0.2) is 0 Å². The molecule has 1 saturated heterocycles. The summed E-state index contributed by atoms with van der Waals surface area (Å²) in [5.41, 5.74) is 0.776. The summed E-state index contributed by atoms with van der Waals surface area (Å²) in [5.74, 6) is -0.721. The average Bonchev–Trinajstić information content (AvgIpc) is 2.83. The average molecular weight is 242 g/mol. The molecule has 1 N–H and O–H groups in total. The summed E-state index contributed by atoms with van der Waals surface area (Å²) in [6.07, 6.45) is -0.183. The predicted molar refractivity (Wildman–Crippen MR) is 68.0 cm³/mol. The van der Waals surface area contributed by atoms with Crippen LogP contribution in [-0.4, -0.2) is 17.7 Å². The van der Waals surface area contributed by atoms with E-state index < -0.39 is 12.0 Å². The molecule has 0 aliphatic carbocycles. The van der Waals surface area contributed by atoms with Crippen LogP contribution in [0.1, 0.15) is 18.1 Å². The van der Waals surface area contributed by atoms with E-state index in [1.807, 2.05) is 42.5 Å². The minimum Gasteiger partial charge on any atom is -0.465 e. The molecular weight excluding hydrogens is 228 g/mol. The van der Waals surface area contributed by atoms with Gasteiger partial charge >= 0.3 is 5.97 Å². The molecule has 1 fully saturated rings. The zero-order chi connectivity index (χ0) is 12.5. The number of esters is 1. The number of ether oxygens (including phenoxy) is 1. The van der Waals surface area contributed by atoms with E-state index in [1.54, 1.807) is 0 Å². The molecule has 2 aromatic carbocycles. The molecule has 0 bridgehead atoms. The monoisotopic (exact) mass is 242 g/mol. The van der Waals surface area contributed by atoms with E-state index in [2.05, 4.69) is 0 Å². The number of hydrogen-bond acceptors (Lipinski definition) is 3. The van der Waals surface area contributed by atoms with Crippen LogP contribution in [-0.2, 0) is 9.53 Å². The van der Waals surface area contributed by atoms with E-state index in [0.29, 0.717) is 13.0 Å². The van der Waals surface area contributed by atoms with E-state index in [1.165, 1.54) is 0 Å². The normalized spacial score (nSPS) is 20.9. The summed E-state index contributed by atoms with van der Waals surface area (Å²) in [5, 5.41) is 12.4. The van der Waals surface area contributed by atoms with Gasteiger partial charge in [-0.2, -0.15) is 0 Å². The second kappa shape index (κ2) is 4.42. The quantitative estimate of drug-likeness (QED) is 0.823. The van der Waals surface area contributed by atoms with Gasteiger partial charge in [-0.3, -0.25) is 4.79 Å². The number of hydrogen-bond donors (Lipinski definition) is 1. The molecule has 18 heavy (non-hydrogen) atoms. The van der Waals surface area contributed by atoms with Gasteiger partial charge in [0.05, 0.1) is 18.6 Å². The van der Waals surface area contributed by atoms with E-state index in [9.17, 15) is 9.90 Å². The van der Waals surface area contributed by atoms with E-state index in [0.717, 1.165) is 16.3 Å². The molecule has 2 atom stereocenters. The fourth-order valence-electron chi connectivity index (χ4n) is 2.42. The van der Waals surface area contributed by atoms with E-state index in [-0.39, 0.29) is 5.97 Å². The summed E-state index contributed by atoms with van der Waals surface area (Å²) >= 11 is 0. The van der Waals surface area contributed by atoms with Crippen LogP contribution < -0.4 is 0 Å². The Morgan fingerprint density at radius 1 is 1.17 bits per heavy atom. The molecule has 3 nitrogen and oxygen atoms in total. The van der Waals surface area contributed by atoms with Gasteiger partial charge in [0.25, 0.3) is 0 Å². The molecule has 1 aliphatic heterocycles. The highest BCUT2D eigenvalue weighted by Crippen LogP contribution is 2.31. The minimum absolute atomic E-state index is 0.296. The number of carbonyl (C=O) groups is 1. The Bertz CT molecular complexity index is 591. The molecule has 1 heterocycles. The fourth-order valence-corrected chi connectivity index (χ4v) is 2.42. The molecule has 3 heteroatoms. The smallest absolute Gasteiger partial charge is 0.312 e. The number of aliphatic hydroxyl groups is 1. The molecule has 0 saturated carbocycles. The lowest BCUT2D eigenvalue weighted by atomic mass is 9.93. The maximum absolute atomic E-state index is 11.5. The SMILES string of the molecule is O=C1OCC[C@@H]1[C@@H](O)c1ccc2ccccc2c1. The molecule has 1 aliphatic rings. The maximum Gasteiger partial charge on any atom is 0.312 e. The van der Waals surface area contributed by atoms with Crippen molar-refractivity contribution >= 4 is 16.7 Å². The number of benzene rings is 2.